The molecule has 1 saturated heterocycles. The molecular weight excluding hydrogens is 230 g/mol. The van der Waals surface area contributed by atoms with Crippen LogP contribution in [0.4, 0.5) is 5.69 Å². The number of hydrogen-bond donors (Lipinski definition) is 1. The van der Waals surface area contributed by atoms with Gasteiger partial charge in [-0.25, -0.2) is 0 Å². The number of benzene rings is 1. The van der Waals surface area contributed by atoms with Gasteiger partial charge in [0.25, 0.3) is 0 Å². The maximum absolute atomic E-state index is 11.9. The van der Waals surface area contributed by atoms with Crippen LogP contribution in [0.3, 0.4) is 0 Å². The van der Waals surface area contributed by atoms with E-state index in [2.05, 4.69) is 0 Å². The average molecular weight is 249 g/mol. The molecule has 4 nitrogen and oxygen atoms in total. The summed E-state index contributed by atoms with van der Waals surface area (Å²) in [5.41, 5.74) is 0.745. The highest BCUT2D eigenvalue weighted by molar-refractivity contribution is 5.95. The maximum Gasteiger partial charge on any atom is 0.227 e. The summed E-state index contributed by atoms with van der Waals surface area (Å²) >= 11 is 0. The lowest BCUT2D eigenvalue weighted by Crippen LogP contribution is -2.42. The average Bonchev–Trinajstić information content (AvgIpc) is 2.32. The molecule has 2 rings (SSSR count). The van der Waals surface area contributed by atoms with E-state index >= 15 is 0 Å². The molecule has 1 aromatic rings. The number of aliphatic hydroxyl groups excluding tert-OH is 1. The fourth-order valence-electron chi connectivity index (χ4n) is 2.10. The van der Waals surface area contributed by atoms with E-state index in [-0.39, 0.29) is 12.0 Å². The van der Waals surface area contributed by atoms with E-state index in [1.54, 1.807) is 4.90 Å². The van der Waals surface area contributed by atoms with Crippen LogP contribution in [0.15, 0.2) is 24.3 Å². The van der Waals surface area contributed by atoms with Crippen molar-refractivity contribution in [3.63, 3.8) is 0 Å². The van der Waals surface area contributed by atoms with Gasteiger partial charge in [0.15, 0.2) is 0 Å². The number of amides is 1. The highest BCUT2D eigenvalue weighted by Gasteiger charge is 2.27. The first kappa shape index (κ1) is 12.9. The molecule has 1 heterocycles. The summed E-state index contributed by atoms with van der Waals surface area (Å²) in [4.78, 5) is 13.6. The number of carbonyl (C=O) groups is 1. The molecule has 1 amide bonds. The van der Waals surface area contributed by atoms with Crippen LogP contribution < -0.4 is 9.64 Å². The number of anilines is 1. The normalized spacial score (nSPS) is 20.3. The quantitative estimate of drug-likeness (QED) is 0.891. The van der Waals surface area contributed by atoms with Gasteiger partial charge in [0.1, 0.15) is 5.75 Å². The van der Waals surface area contributed by atoms with E-state index in [0.717, 1.165) is 5.69 Å². The molecule has 1 aliphatic heterocycles. The Morgan fingerprint density at radius 2 is 2.11 bits per heavy atom. The van der Waals surface area contributed by atoms with E-state index < -0.39 is 6.10 Å². The van der Waals surface area contributed by atoms with Crippen molar-refractivity contribution in [2.45, 2.75) is 38.9 Å². The van der Waals surface area contributed by atoms with Gasteiger partial charge in [-0.3, -0.25) is 4.79 Å². The Morgan fingerprint density at radius 3 is 2.83 bits per heavy atom. The second-order valence-electron chi connectivity index (χ2n) is 4.83. The predicted molar refractivity (Wildman–Crippen MR) is 69.8 cm³/mol. The SMILES string of the molecule is CC(C)Oc1ccccc1N1CC(O)CCC1=O. The second kappa shape index (κ2) is 5.40. The molecule has 0 radical (unpaired) electrons. The largest absolute Gasteiger partial charge is 0.489 e. The number of hydrogen-bond acceptors (Lipinski definition) is 3. The van der Waals surface area contributed by atoms with Gasteiger partial charge in [-0.1, -0.05) is 12.1 Å². The molecule has 1 unspecified atom stereocenters. The van der Waals surface area contributed by atoms with E-state index in [4.69, 9.17) is 4.74 Å². The fraction of sp³-hybridized carbons (Fsp3) is 0.500. The third kappa shape index (κ3) is 2.82. The highest BCUT2D eigenvalue weighted by atomic mass is 16.5. The summed E-state index contributed by atoms with van der Waals surface area (Å²) < 4.78 is 5.71. The summed E-state index contributed by atoms with van der Waals surface area (Å²) in [7, 11) is 0. The minimum absolute atomic E-state index is 0.0418. The first-order valence-corrected chi connectivity index (χ1v) is 6.32. The molecule has 18 heavy (non-hydrogen) atoms. The number of ether oxygens (including phenoxy) is 1. The molecule has 1 fully saturated rings. The Labute approximate surface area is 107 Å². The zero-order valence-electron chi connectivity index (χ0n) is 10.8. The number of aliphatic hydroxyl groups is 1. The fourth-order valence-corrected chi connectivity index (χ4v) is 2.10. The van der Waals surface area contributed by atoms with Crippen molar-refractivity contribution in [2.24, 2.45) is 0 Å². The van der Waals surface area contributed by atoms with Gasteiger partial charge >= 0.3 is 0 Å². The molecule has 0 aromatic heterocycles. The van der Waals surface area contributed by atoms with Crippen molar-refractivity contribution >= 4 is 11.6 Å². The van der Waals surface area contributed by atoms with Crippen LogP contribution in [0.2, 0.25) is 0 Å². The molecule has 1 atom stereocenters. The number of piperidine rings is 1. The van der Waals surface area contributed by atoms with E-state index in [9.17, 15) is 9.90 Å². The van der Waals surface area contributed by atoms with Crippen LogP contribution in [0, 0.1) is 0 Å². The summed E-state index contributed by atoms with van der Waals surface area (Å²) in [6, 6.07) is 7.46. The number of nitrogens with zero attached hydrogens (tertiary/aromatic N) is 1. The van der Waals surface area contributed by atoms with Crippen LogP contribution in [0.5, 0.6) is 5.75 Å². The molecule has 1 N–H and O–H groups in total. The van der Waals surface area contributed by atoms with Crippen molar-refractivity contribution in [3.8, 4) is 5.75 Å². The Hall–Kier alpha value is -1.55. The van der Waals surface area contributed by atoms with Crippen molar-refractivity contribution in [3.05, 3.63) is 24.3 Å². The number of carbonyl (C=O) groups excluding carboxylic acids is 1. The maximum atomic E-state index is 11.9. The minimum atomic E-state index is -0.449. The first-order chi connectivity index (χ1) is 8.58. The lowest BCUT2D eigenvalue weighted by atomic mass is 10.1. The molecule has 0 saturated carbocycles. The predicted octanol–water partition coefficient (Wildman–Crippen LogP) is 1.96. The molecule has 0 spiro atoms. The Morgan fingerprint density at radius 1 is 1.39 bits per heavy atom. The zero-order chi connectivity index (χ0) is 13.1. The van der Waals surface area contributed by atoms with E-state index in [1.165, 1.54) is 0 Å². The smallest absolute Gasteiger partial charge is 0.227 e. The van der Waals surface area contributed by atoms with Gasteiger partial charge in [-0.2, -0.15) is 0 Å². The Bertz CT molecular complexity index is 431. The van der Waals surface area contributed by atoms with Crippen molar-refractivity contribution in [1.29, 1.82) is 0 Å². The minimum Gasteiger partial charge on any atom is -0.489 e. The van der Waals surface area contributed by atoms with Crippen molar-refractivity contribution in [1.82, 2.24) is 0 Å². The van der Waals surface area contributed by atoms with Crippen LogP contribution in [0.1, 0.15) is 26.7 Å². The van der Waals surface area contributed by atoms with Gasteiger partial charge in [-0.15, -0.1) is 0 Å². The standard InChI is InChI=1S/C14H19NO3/c1-10(2)18-13-6-4-3-5-12(13)15-9-11(16)7-8-14(15)17/h3-6,10-11,16H,7-9H2,1-2H3. The zero-order valence-corrected chi connectivity index (χ0v) is 10.8. The summed E-state index contributed by atoms with van der Waals surface area (Å²) in [5.74, 6) is 0.732. The summed E-state index contributed by atoms with van der Waals surface area (Å²) in [6.45, 7) is 4.24. The molecule has 0 aliphatic carbocycles. The third-order valence-electron chi connectivity index (χ3n) is 2.90. The Kier molecular flexibility index (Phi) is 3.87. The first-order valence-electron chi connectivity index (χ1n) is 6.32. The second-order valence-corrected chi connectivity index (χ2v) is 4.83. The Balaban J connectivity index is 2.28. The monoisotopic (exact) mass is 249 g/mol. The lowest BCUT2D eigenvalue weighted by Gasteiger charge is -2.31. The van der Waals surface area contributed by atoms with Crippen LogP contribution in [-0.2, 0) is 4.79 Å². The third-order valence-corrected chi connectivity index (χ3v) is 2.90. The molecule has 1 aliphatic rings. The van der Waals surface area contributed by atoms with Crippen LogP contribution >= 0.6 is 0 Å². The van der Waals surface area contributed by atoms with Crippen LogP contribution in [-0.4, -0.2) is 29.8 Å². The van der Waals surface area contributed by atoms with Gasteiger partial charge in [0.2, 0.25) is 5.91 Å². The summed E-state index contributed by atoms with van der Waals surface area (Å²) in [6.07, 6.45) is 0.533. The van der Waals surface area contributed by atoms with Crippen molar-refractivity contribution < 1.29 is 14.6 Å². The molecule has 4 heteroatoms. The number of rotatable bonds is 3. The van der Waals surface area contributed by atoms with Gasteiger partial charge in [0.05, 0.1) is 24.4 Å². The molecule has 98 valence electrons. The molecule has 1 aromatic carbocycles. The summed E-state index contributed by atoms with van der Waals surface area (Å²) in [5, 5.41) is 9.70. The molecular formula is C14H19NO3. The van der Waals surface area contributed by atoms with Gasteiger partial charge < -0.3 is 14.7 Å². The van der Waals surface area contributed by atoms with Gasteiger partial charge in [0, 0.05) is 6.42 Å². The highest BCUT2D eigenvalue weighted by Crippen LogP contribution is 2.31. The van der Waals surface area contributed by atoms with Crippen molar-refractivity contribution in [2.75, 3.05) is 11.4 Å². The van der Waals surface area contributed by atoms with E-state index in [0.29, 0.717) is 25.1 Å². The number of β-amino-alcohol motifs (C(OH)–C–C–N with tert-alkyl or cyclic N) is 1. The molecule has 0 bridgehead atoms. The van der Waals surface area contributed by atoms with Gasteiger partial charge in [-0.05, 0) is 32.4 Å². The lowest BCUT2D eigenvalue weighted by molar-refractivity contribution is -0.121. The van der Waals surface area contributed by atoms with Crippen LogP contribution in [0.25, 0.3) is 0 Å². The number of para-hydroxylation sites is 2. The van der Waals surface area contributed by atoms with E-state index in [1.807, 2.05) is 38.1 Å². The topological polar surface area (TPSA) is 49.8 Å².